The lowest BCUT2D eigenvalue weighted by Gasteiger charge is -2.13. The Labute approximate surface area is 111 Å². The number of nitrogens with one attached hydrogen (secondary N) is 1. The fourth-order valence-electron chi connectivity index (χ4n) is 1.82. The molecule has 2 aromatic carbocycles. The first-order valence-corrected chi connectivity index (χ1v) is 5.91. The highest BCUT2D eigenvalue weighted by Gasteiger charge is 2.11. The number of halogens is 1. The van der Waals surface area contributed by atoms with Crippen molar-refractivity contribution in [2.75, 3.05) is 11.1 Å². The Morgan fingerprint density at radius 1 is 1.21 bits per heavy atom. The largest absolute Gasteiger partial charge is 0.397 e. The van der Waals surface area contributed by atoms with Crippen molar-refractivity contribution in [3.63, 3.8) is 0 Å². The zero-order chi connectivity index (χ0) is 14.0. The highest BCUT2D eigenvalue weighted by molar-refractivity contribution is 6.06. The molecule has 98 valence electrons. The maximum atomic E-state index is 13.1. The van der Waals surface area contributed by atoms with Gasteiger partial charge in [0.15, 0.2) is 0 Å². The maximum absolute atomic E-state index is 13.1. The minimum absolute atomic E-state index is 0.264. The van der Waals surface area contributed by atoms with Crippen LogP contribution >= 0.6 is 0 Å². The molecule has 0 aliphatic heterocycles. The predicted molar refractivity (Wildman–Crippen MR) is 74.7 cm³/mol. The topological polar surface area (TPSA) is 55.1 Å². The van der Waals surface area contributed by atoms with Crippen LogP contribution in [-0.4, -0.2) is 5.91 Å². The lowest BCUT2D eigenvalue weighted by molar-refractivity contribution is 0.102. The van der Waals surface area contributed by atoms with Crippen LogP contribution in [0, 0.1) is 19.7 Å². The van der Waals surface area contributed by atoms with E-state index in [-0.39, 0.29) is 11.5 Å². The van der Waals surface area contributed by atoms with Gasteiger partial charge in [-0.05, 0) is 49.2 Å². The molecule has 0 aliphatic rings. The van der Waals surface area contributed by atoms with Crippen molar-refractivity contribution < 1.29 is 9.18 Å². The SMILES string of the molecule is Cc1ccc(N)c(NC(=O)c2cccc(F)c2)c1C. The Morgan fingerprint density at radius 2 is 1.95 bits per heavy atom. The molecule has 0 saturated carbocycles. The first-order valence-electron chi connectivity index (χ1n) is 5.91. The van der Waals surface area contributed by atoms with Crippen LogP contribution in [0.1, 0.15) is 21.5 Å². The molecule has 1 amide bonds. The number of rotatable bonds is 2. The normalized spacial score (nSPS) is 10.3. The van der Waals surface area contributed by atoms with Gasteiger partial charge in [-0.15, -0.1) is 0 Å². The summed E-state index contributed by atoms with van der Waals surface area (Å²) in [6.45, 7) is 3.82. The second-order valence-electron chi connectivity index (χ2n) is 4.44. The molecular weight excluding hydrogens is 243 g/mol. The van der Waals surface area contributed by atoms with Gasteiger partial charge in [0.2, 0.25) is 0 Å². The number of carbonyl (C=O) groups excluding carboxylic acids is 1. The predicted octanol–water partition coefficient (Wildman–Crippen LogP) is 3.28. The van der Waals surface area contributed by atoms with E-state index in [1.54, 1.807) is 12.1 Å². The first kappa shape index (κ1) is 13.1. The summed E-state index contributed by atoms with van der Waals surface area (Å²) in [4.78, 5) is 12.0. The standard InChI is InChI=1S/C15H15FN2O/c1-9-6-7-13(17)14(10(9)2)18-15(19)11-4-3-5-12(16)8-11/h3-8H,17H2,1-2H3,(H,18,19). The number of carbonyl (C=O) groups is 1. The average molecular weight is 258 g/mol. The summed E-state index contributed by atoms with van der Waals surface area (Å²) in [5.41, 5.74) is 9.13. The van der Waals surface area contributed by atoms with Crippen LogP contribution in [-0.2, 0) is 0 Å². The van der Waals surface area contributed by atoms with Gasteiger partial charge in [0.1, 0.15) is 5.82 Å². The van der Waals surface area contributed by atoms with Gasteiger partial charge in [-0.3, -0.25) is 4.79 Å². The van der Waals surface area contributed by atoms with Crippen molar-refractivity contribution in [3.8, 4) is 0 Å². The maximum Gasteiger partial charge on any atom is 0.255 e. The molecule has 0 unspecified atom stereocenters. The van der Waals surface area contributed by atoms with Crippen LogP contribution in [0.25, 0.3) is 0 Å². The van der Waals surface area contributed by atoms with Crippen molar-refractivity contribution in [1.82, 2.24) is 0 Å². The first-order chi connectivity index (χ1) is 8.99. The lowest BCUT2D eigenvalue weighted by Crippen LogP contribution is -2.14. The number of nitrogens with two attached hydrogens (primary N) is 1. The minimum Gasteiger partial charge on any atom is -0.397 e. The third kappa shape index (κ3) is 2.73. The molecule has 0 fully saturated rings. The van der Waals surface area contributed by atoms with E-state index in [4.69, 9.17) is 5.73 Å². The van der Waals surface area contributed by atoms with E-state index in [2.05, 4.69) is 5.32 Å². The molecular formula is C15H15FN2O. The second-order valence-corrected chi connectivity index (χ2v) is 4.44. The monoisotopic (exact) mass is 258 g/mol. The van der Waals surface area contributed by atoms with Crippen LogP contribution in [0.4, 0.5) is 15.8 Å². The van der Waals surface area contributed by atoms with Gasteiger partial charge in [-0.2, -0.15) is 0 Å². The number of nitrogen functional groups attached to an aromatic ring is 1. The molecule has 0 spiro atoms. The van der Waals surface area contributed by atoms with Crippen molar-refractivity contribution in [3.05, 3.63) is 58.9 Å². The Balaban J connectivity index is 2.32. The molecule has 2 aromatic rings. The molecule has 0 saturated heterocycles. The Kier molecular flexibility index (Phi) is 3.51. The van der Waals surface area contributed by atoms with E-state index < -0.39 is 5.82 Å². The molecule has 0 atom stereocenters. The van der Waals surface area contributed by atoms with Gasteiger partial charge in [0.25, 0.3) is 5.91 Å². The van der Waals surface area contributed by atoms with Crippen LogP contribution in [0.2, 0.25) is 0 Å². The van der Waals surface area contributed by atoms with Gasteiger partial charge in [0.05, 0.1) is 11.4 Å². The van der Waals surface area contributed by atoms with E-state index >= 15 is 0 Å². The zero-order valence-corrected chi connectivity index (χ0v) is 10.8. The van der Waals surface area contributed by atoms with Gasteiger partial charge in [0, 0.05) is 5.56 Å². The molecule has 3 N–H and O–H groups in total. The smallest absolute Gasteiger partial charge is 0.255 e. The number of benzene rings is 2. The zero-order valence-electron chi connectivity index (χ0n) is 10.8. The van der Waals surface area contributed by atoms with Gasteiger partial charge < -0.3 is 11.1 Å². The fourth-order valence-corrected chi connectivity index (χ4v) is 1.82. The van der Waals surface area contributed by atoms with E-state index in [0.717, 1.165) is 11.1 Å². The van der Waals surface area contributed by atoms with Crippen molar-refractivity contribution >= 4 is 17.3 Å². The van der Waals surface area contributed by atoms with E-state index in [1.165, 1.54) is 18.2 Å². The Morgan fingerprint density at radius 3 is 2.63 bits per heavy atom. The summed E-state index contributed by atoms with van der Waals surface area (Å²) in [6, 6.07) is 9.17. The molecule has 4 heteroatoms. The highest BCUT2D eigenvalue weighted by atomic mass is 19.1. The van der Waals surface area contributed by atoms with E-state index in [1.807, 2.05) is 19.9 Å². The van der Waals surface area contributed by atoms with Crippen LogP contribution in [0.3, 0.4) is 0 Å². The molecule has 19 heavy (non-hydrogen) atoms. The van der Waals surface area contributed by atoms with Crippen molar-refractivity contribution in [2.24, 2.45) is 0 Å². The number of hydrogen-bond acceptors (Lipinski definition) is 2. The second kappa shape index (κ2) is 5.10. The summed E-state index contributed by atoms with van der Waals surface area (Å²) in [5.74, 6) is -0.818. The summed E-state index contributed by atoms with van der Waals surface area (Å²) in [6.07, 6.45) is 0. The third-order valence-electron chi connectivity index (χ3n) is 3.09. The number of anilines is 2. The number of hydrogen-bond donors (Lipinski definition) is 2. The number of amides is 1. The summed E-state index contributed by atoms with van der Waals surface area (Å²) >= 11 is 0. The Bertz CT molecular complexity index is 638. The van der Waals surface area contributed by atoms with Gasteiger partial charge >= 0.3 is 0 Å². The minimum atomic E-state index is -0.443. The Hall–Kier alpha value is -2.36. The van der Waals surface area contributed by atoms with Crippen LogP contribution < -0.4 is 11.1 Å². The number of aryl methyl sites for hydroxylation is 1. The average Bonchev–Trinajstić information content (AvgIpc) is 2.39. The molecule has 0 aliphatic carbocycles. The molecule has 0 heterocycles. The quantitative estimate of drug-likeness (QED) is 0.812. The van der Waals surface area contributed by atoms with Gasteiger partial charge in [-0.25, -0.2) is 4.39 Å². The fraction of sp³-hybridized carbons (Fsp3) is 0.133. The summed E-state index contributed by atoms with van der Waals surface area (Å²) < 4.78 is 13.1. The van der Waals surface area contributed by atoms with Gasteiger partial charge in [-0.1, -0.05) is 12.1 Å². The third-order valence-corrected chi connectivity index (χ3v) is 3.09. The lowest BCUT2D eigenvalue weighted by atomic mass is 10.1. The molecule has 0 radical (unpaired) electrons. The molecule has 2 rings (SSSR count). The van der Waals surface area contributed by atoms with Crippen molar-refractivity contribution in [2.45, 2.75) is 13.8 Å². The van der Waals surface area contributed by atoms with E-state index in [9.17, 15) is 9.18 Å². The summed E-state index contributed by atoms with van der Waals surface area (Å²) in [7, 11) is 0. The molecule has 0 bridgehead atoms. The van der Waals surface area contributed by atoms with E-state index in [0.29, 0.717) is 11.4 Å². The summed E-state index contributed by atoms with van der Waals surface area (Å²) in [5, 5.41) is 2.73. The van der Waals surface area contributed by atoms with Crippen LogP contribution in [0.15, 0.2) is 36.4 Å². The van der Waals surface area contributed by atoms with Crippen LogP contribution in [0.5, 0.6) is 0 Å². The molecule has 3 nitrogen and oxygen atoms in total. The molecule has 0 aromatic heterocycles. The highest BCUT2D eigenvalue weighted by Crippen LogP contribution is 2.26. The van der Waals surface area contributed by atoms with Crippen molar-refractivity contribution in [1.29, 1.82) is 0 Å².